The van der Waals surface area contributed by atoms with Gasteiger partial charge in [-0.25, -0.2) is 9.97 Å². The van der Waals surface area contributed by atoms with Crippen molar-refractivity contribution in [3.05, 3.63) is 45.7 Å². The van der Waals surface area contributed by atoms with Gasteiger partial charge in [0, 0.05) is 28.9 Å². The van der Waals surface area contributed by atoms with Crippen molar-refractivity contribution in [2.45, 2.75) is 26.7 Å². The van der Waals surface area contributed by atoms with Crippen molar-refractivity contribution in [1.82, 2.24) is 14.9 Å². The molecule has 5 nitrogen and oxygen atoms in total. The molecule has 1 amide bonds. The average molecular weight is 375 g/mol. The second-order valence-electron chi connectivity index (χ2n) is 5.81. The van der Waals surface area contributed by atoms with E-state index >= 15 is 0 Å². The fourth-order valence-corrected chi connectivity index (χ4v) is 2.99. The number of amides is 1. The van der Waals surface area contributed by atoms with E-state index in [-0.39, 0.29) is 5.91 Å². The third-order valence-electron chi connectivity index (χ3n) is 3.89. The van der Waals surface area contributed by atoms with Gasteiger partial charge in [0.1, 0.15) is 5.69 Å². The molecule has 0 radical (unpaired) electrons. The quantitative estimate of drug-likeness (QED) is 0.886. The highest BCUT2D eigenvalue weighted by atomic mass is 79.9. The molecule has 3 rings (SSSR count). The van der Waals surface area contributed by atoms with Crippen LogP contribution < -0.4 is 5.32 Å². The lowest BCUT2D eigenvalue weighted by atomic mass is 10.2. The number of hydrogen-bond donors (Lipinski definition) is 1. The molecule has 1 aromatic heterocycles. The van der Waals surface area contributed by atoms with Crippen LogP contribution in [0.3, 0.4) is 0 Å². The summed E-state index contributed by atoms with van der Waals surface area (Å²) in [5.74, 6) is 0.435. The first-order valence-corrected chi connectivity index (χ1v) is 8.50. The van der Waals surface area contributed by atoms with Crippen molar-refractivity contribution in [3.63, 3.8) is 0 Å². The van der Waals surface area contributed by atoms with Crippen LogP contribution in [0.1, 0.15) is 34.6 Å². The second kappa shape index (κ2) is 6.66. The summed E-state index contributed by atoms with van der Waals surface area (Å²) in [5, 5.41) is 3.18. The summed E-state index contributed by atoms with van der Waals surface area (Å²) in [7, 11) is 0. The fourth-order valence-electron chi connectivity index (χ4n) is 2.62. The van der Waals surface area contributed by atoms with E-state index in [9.17, 15) is 4.79 Å². The lowest BCUT2D eigenvalue weighted by Crippen LogP contribution is -2.28. The van der Waals surface area contributed by atoms with E-state index in [1.165, 1.54) is 0 Å². The van der Waals surface area contributed by atoms with Crippen LogP contribution in [0.5, 0.6) is 0 Å². The highest BCUT2D eigenvalue weighted by Gasteiger charge is 2.21. The highest BCUT2D eigenvalue weighted by Crippen LogP contribution is 2.23. The van der Waals surface area contributed by atoms with E-state index in [2.05, 4.69) is 31.2 Å². The fraction of sp³-hybridized carbons (Fsp3) is 0.353. The molecular weight excluding hydrogens is 356 g/mol. The standard InChI is InChI=1S/C17H19BrN4O/c1-11-5-6-13(10-14(11)18)20-17-19-12(2)9-15(21-17)16(23)22-7-3-4-8-22/h5-6,9-10H,3-4,7-8H2,1-2H3,(H,19,20,21). The van der Waals surface area contributed by atoms with Crippen LogP contribution in [0.15, 0.2) is 28.7 Å². The van der Waals surface area contributed by atoms with Gasteiger partial charge in [-0.2, -0.15) is 0 Å². The second-order valence-corrected chi connectivity index (χ2v) is 6.66. The van der Waals surface area contributed by atoms with E-state index in [1.54, 1.807) is 6.07 Å². The first-order valence-electron chi connectivity index (χ1n) is 7.71. The largest absolute Gasteiger partial charge is 0.337 e. The lowest BCUT2D eigenvalue weighted by Gasteiger charge is -2.15. The molecule has 23 heavy (non-hydrogen) atoms. The molecule has 1 aliphatic rings. The number of hydrogen-bond acceptors (Lipinski definition) is 4. The molecule has 0 saturated carbocycles. The van der Waals surface area contributed by atoms with E-state index in [0.29, 0.717) is 11.6 Å². The van der Waals surface area contributed by atoms with Gasteiger partial charge < -0.3 is 10.2 Å². The van der Waals surface area contributed by atoms with Gasteiger partial charge in [-0.15, -0.1) is 0 Å². The van der Waals surface area contributed by atoms with Crippen LogP contribution >= 0.6 is 15.9 Å². The minimum Gasteiger partial charge on any atom is -0.337 e. The summed E-state index contributed by atoms with van der Waals surface area (Å²) in [6, 6.07) is 7.70. The number of anilines is 2. The summed E-state index contributed by atoms with van der Waals surface area (Å²) < 4.78 is 1.02. The molecule has 0 bridgehead atoms. The Hall–Kier alpha value is -1.95. The molecule has 1 N–H and O–H groups in total. The first-order chi connectivity index (χ1) is 11.0. The summed E-state index contributed by atoms with van der Waals surface area (Å²) in [5.41, 5.74) is 3.27. The number of rotatable bonds is 3. The smallest absolute Gasteiger partial charge is 0.272 e. The monoisotopic (exact) mass is 374 g/mol. The summed E-state index contributed by atoms with van der Waals surface area (Å²) >= 11 is 3.51. The van der Waals surface area contributed by atoms with Crippen LogP contribution in [0, 0.1) is 13.8 Å². The maximum Gasteiger partial charge on any atom is 0.272 e. The molecule has 1 aromatic carbocycles. The van der Waals surface area contributed by atoms with Crippen LogP contribution in [0.2, 0.25) is 0 Å². The Morgan fingerprint density at radius 1 is 1.17 bits per heavy atom. The zero-order valence-electron chi connectivity index (χ0n) is 13.3. The molecule has 0 unspecified atom stereocenters. The maximum atomic E-state index is 12.5. The van der Waals surface area contributed by atoms with Gasteiger partial charge in [-0.05, 0) is 50.5 Å². The average Bonchev–Trinajstić information content (AvgIpc) is 3.04. The predicted octanol–water partition coefficient (Wildman–Crippen LogP) is 3.84. The number of nitrogens with one attached hydrogen (secondary N) is 1. The van der Waals surface area contributed by atoms with Gasteiger partial charge in [0.2, 0.25) is 5.95 Å². The number of aryl methyl sites for hydroxylation is 2. The number of nitrogens with zero attached hydrogens (tertiary/aromatic N) is 3. The number of carbonyl (C=O) groups is 1. The molecule has 120 valence electrons. The molecule has 2 heterocycles. The van der Waals surface area contributed by atoms with E-state index in [4.69, 9.17) is 0 Å². The van der Waals surface area contributed by atoms with Crippen LogP contribution in [-0.4, -0.2) is 33.9 Å². The zero-order valence-corrected chi connectivity index (χ0v) is 14.9. The van der Waals surface area contributed by atoms with Gasteiger partial charge in [-0.1, -0.05) is 22.0 Å². The Bertz CT molecular complexity index is 741. The van der Waals surface area contributed by atoms with Crippen LogP contribution in [-0.2, 0) is 0 Å². The van der Waals surface area contributed by atoms with Gasteiger partial charge in [-0.3, -0.25) is 4.79 Å². The molecule has 6 heteroatoms. The van der Waals surface area contributed by atoms with E-state index < -0.39 is 0 Å². The maximum absolute atomic E-state index is 12.5. The Labute approximate surface area is 144 Å². The Morgan fingerprint density at radius 3 is 2.61 bits per heavy atom. The topological polar surface area (TPSA) is 58.1 Å². The lowest BCUT2D eigenvalue weighted by molar-refractivity contribution is 0.0787. The van der Waals surface area contributed by atoms with Crippen molar-refractivity contribution >= 4 is 33.5 Å². The molecular formula is C17H19BrN4O. The SMILES string of the molecule is Cc1cc(C(=O)N2CCCC2)nc(Nc2ccc(C)c(Br)c2)n1. The predicted molar refractivity (Wildman–Crippen MR) is 94.1 cm³/mol. The molecule has 0 spiro atoms. The summed E-state index contributed by atoms with van der Waals surface area (Å²) in [6.07, 6.45) is 2.14. The van der Waals surface area contributed by atoms with Crippen molar-refractivity contribution in [2.24, 2.45) is 0 Å². The minimum atomic E-state index is -0.0128. The Kier molecular flexibility index (Phi) is 4.61. The van der Waals surface area contributed by atoms with E-state index in [1.807, 2.05) is 36.9 Å². The van der Waals surface area contributed by atoms with Gasteiger partial charge >= 0.3 is 0 Å². The van der Waals surface area contributed by atoms with Gasteiger partial charge in [0.05, 0.1) is 0 Å². The third-order valence-corrected chi connectivity index (χ3v) is 4.75. The molecule has 1 saturated heterocycles. The van der Waals surface area contributed by atoms with E-state index in [0.717, 1.165) is 47.3 Å². The van der Waals surface area contributed by atoms with Crippen molar-refractivity contribution in [3.8, 4) is 0 Å². The Balaban J connectivity index is 1.84. The molecule has 0 aliphatic carbocycles. The first kappa shape index (κ1) is 15.9. The van der Waals surface area contributed by atoms with Gasteiger partial charge in [0.25, 0.3) is 5.91 Å². The van der Waals surface area contributed by atoms with Gasteiger partial charge in [0.15, 0.2) is 0 Å². The number of carbonyl (C=O) groups excluding carboxylic acids is 1. The van der Waals surface area contributed by atoms with Crippen LogP contribution in [0.25, 0.3) is 0 Å². The van der Waals surface area contributed by atoms with Crippen LogP contribution in [0.4, 0.5) is 11.6 Å². The molecule has 1 fully saturated rings. The number of benzene rings is 1. The normalized spacial score (nSPS) is 14.1. The zero-order chi connectivity index (χ0) is 16.4. The number of halogens is 1. The Morgan fingerprint density at radius 2 is 1.91 bits per heavy atom. The number of aromatic nitrogens is 2. The summed E-state index contributed by atoms with van der Waals surface area (Å²) in [4.78, 5) is 23.1. The molecule has 2 aromatic rings. The molecule has 1 aliphatic heterocycles. The third kappa shape index (κ3) is 3.69. The van der Waals surface area contributed by atoms with Crippen molar-refractivity contribution < 1.29 is 4.79 Å². The van der Waals surface area contributed by atoms with Crippen molar-refractivity contribution in [2.75, 3.05) is 18.4 Å². The minimum absolute atomic E-state index is 0.0128. The highest BCUT2D eigenvalue weighted by molar-refractivity contribution is 9.10. The number of likely N-dealkylation sites (tertiary alicyclic amines) is 1. The summed E-state index contributed by atoms with van der Waals surface area (Å²) in [6.45, 7) is 5.54. The van der Waals surface area contributed by atoms with Crippen molar-refractivity contribution in [1.29, 1.82) is 0 Å². The molecule has 0 atom stereocenters.